The molecule has 0 unspecified atom stereocenters. The topological polar surface area (TPSA) is 58.0 Å². The number of aromatic nitrogens is 1. The number of rotatable bonds is 5. The van der Waals surface area contributed by atoms with E-state index in [1.807, 2.05) is 61.5 Å². The highest BCUT2D eigenvalue weighted by atomic mass is 35.5. The number of halogens is 2. The van der Waals surface area contributed by atoms with E-state index in [1.54, 1.807) is 30.1 Å². The molecule has 1 aliphatic heterocycles. The second-order valence-electron chi connectivity index (χ2n) is 11.3. The standard InChI is InChI=1S/C31H36Cl2N4O2/c1-8-39-26-17-27(30(2,3)4)34-19-24(26)28-35-25(20-9-13-22(32)14-10-20)18-31(5,37(28)29(38)36(6)7)21-11-15-23(33)16-12-21/h9-17,19,25H,8,18H2,1-7H3/t25-,31-/m0/s1. The number of amides is 2. The van der Waals surface area contributed by atoms with Crippen LogP contribution in [0.4, 0.5) is 4.79 Å². The zero-order valence-electron chi connectivity index (χ0n) is 23.6. The molecule has 0 aliphatic carbocycles. The molecule has 0 fully saturated rings. The molecular formula is C31H36Cl2N4O2. The molecule has 39 heavy (non-hydrogen) atoms. The Bertz CT molecular complexity index is 1360. The summed E-state index contributed by atoms with van der Waals surface area (Å²) in [6.45, 7) is 10.8. The Labute approximate surface area is 241 Å². The molecule has 2 atom stereocenters. The van der Waals surface area contributed by atoms with Gasteiger partial charge in [0.2, 0.25) is 0 Å². The highest BCUT2D eigenvalue weighted by molar-refractivity contribution is 6.30. The van der Waals surface area contributed by atoms with Gasteiger partial charge in [0.1, 0.15) is 11.6 Å². The number of carbonyl (C=O) groups is 1. The lowest BCUT2D eigenvalue weighted by Crippen LogP contribution is -2.57. The molecule has 0 N–H and O–H groups in total. The number of carbonyl (C=O) groups excluding carboxylic acids is 1. The van der Waals surface area contributed by atoms with E-state index in [9.17, 15) is 4.79 Å². The van der Waals surface area contributed by atoms with Gasteiger partial charge in [0.05, 0.1) is 23.8 Å². The average molecular weight is 568 g/mol. The van der Waals surface area contributed by atoms with Crippen LogP contribution in [0.3, 0.4) is 0 Å². The molecule has 4 rings (SSSR count). The van der Waals surface area contributed by atoms with Gasteiger partial charge < -0.3 is 9.64 Å². The van der Waals surface area contributed by atoms with Crippen molar-refractivity contribution in [2.75, 3.05) is 20.7 Å². The maximum Gasteiger partial charge on any atom is 0.325 e. The Hall–Kier alpha value is -3.09. The second-order valence-corrected chi connectivity index (χ2v) is 12.1. The van der Waals surface area contributed by atoms with Crippen LogP contribution in [0.15, 0.2) is 65.8 Å². The zero-order valence-corrected chi connectivity index (χ0v) is 25.1. The summed E-state index contributed by atoms with van der Waals surface area (Å²) in [7, 11) is 3.50. The van der Waals surface area contributed by atoms with Gasteiger partial charge in [-0.25, -0.2) is 4.79 Å². The number of ether oxygens (including phenoxy) is 1. The maximum atomic E-state index is 14.0. The van der Waals surface area contributed by atoms with Crippen molar-refractivity contribution in [2.45, 2.75) is 58.0 Å². The van der Waals surface area contributed by atoms with Crippen LogP contribution in [0.5, 0.6) is 5.75 Å². The molecule has 0 bridgehead atoms. The number of nitrogens with zero attached hydrogens (tertiary/aromatic N) is 4. The summed E-state index contributed by atoms with van der Waals surface area (Å²) < 4.78 is 6.15. The smallest absolute Gasteiger partial charge is 0.325 e. The summed E-state index contributed by atoms with van der Waals surface area (Å²) in [6, 6.07) is 16.9. The van der Waals surface area contributed by atoms with E-state index in [2.05, 4.69) is 27.7 Å². The average Bonchev–Trinajstić information content (AvgIpc) is 2.88. The van der Waals surface area contributed by atoms with Crippen LogP contribution in [0.2, 0.25) is 10.0 Å². The third-order valence-electron chi connectivity index (χ3n) is 7.04. The summed E-state index contributed by atoms with van der Waals surface area (Å²) in [5.74, 6) is 1.15. The summed E-state index contributed by atoms with van der Waals surface area (Å²) in [5, 5.41) is 1.29. The van der Waals surface area contributed by atoms with Crippen LogP contribution in [0.1, 0.15) is 69.5 Å². The van der Waals surface area contributed by atoms with Crippen molar-refractivity contribution >= 4 is 35.1 Å². The van der Waals surface area contributed by atoms with Crippen LogP contribution in [-0.2, 0) is 11.0 Å². The van der Waals surface area contributed by atoms with Crippen molar-refractivity contribution in [1.29, 1.82) is 0 Å². The normalized spacial score (nSPS) is 19.5. The molecule has 206 valence electrons. The fourth-order valence-electron chi connectivity index (χ4n) is 4.87. The Balaban J connectivity index is 2.01. The van der Waals surface area contributed by atoms with Gasteiger partial charge in [0, 0.05) is 53.9 Å². The van der Waals surface area contributed by atoms with Crippen molar-refractivity contribution in [3.63, 3.8) is 0 Å². The molecular weight excluding hydrogens is 531 g/mol. The minimum Gasteiger partial charge on any atom is -0.493 e. The van der Waals surface area contributed by atoms with E-state index in [-0.39, 0.29) is 17.5 Å². The van der Waals surface area contributed by atoms with Gasteiger partial charge in [-0.3, -0.25) is 14.9 Å². The summed E-state index contributed by atoms with van der Waals surface area (Å²) in [5.41, 5.74) is 2.57. The summed E-state index contributed by atoms with van der Waals surface area (Å²) in [6.07, 6.45) is 2.34. The van der Waals surface area contributed by atoms with E-state index in [0.29, 0.717) is 40.2 Å². The predicted molar refractivity (Wildman–Crippen MR) is 159 cm³/mol. The van der Waals surface area contributed by atoms with E-state index in [4.69, 9.17) is 37.9 Å². The van der Waals surface area contributed by atoms with Crippen molar-refractivity contribution in [3.05, 3.63) is 93.2 Å². The Kier molecular flexibility index (Phi) is 8.29. The van der Waals surface area contributed by atoms with Crippen LogP contribution in [0, 0.1) is 0 Å². The van der Waals surface area contributed by atoms with Gasteiger partial charge >= 0.3 is 6.03 Å². The molecule has 2 aromatic carbocycles. The van der Waals surface area contributed by atoms with Crippen molar-refractivity contribution in [3.8, 4) is 5.75 Å². The number of amidine groups is 1. The fourth-order valence-corrected chi connectivity index (χ4v) is 5.12. The van der Waals surface area contributed by atoms with Crippen LogP contribution in [-0.4, -0.2) is 47.4 Å². The first-order valence-electron chi connectivity index (χ1n) is 13.1. The number of hydrogen-bond acceptors (Lipinski definition) is 4. The molecule has 0 radical (unpaired) electrons. The van der Waals surface area contributed by atoms with Crippen molar-refractivity contribution in [2.24, 2.45) is 4.99 Å². The zero-order chi connectivity index (χ0) is 28.5. The Morgan fingerprint density at radius 3 is 2.21 bits per heavy atom. The first kappa shape index (κ1) is 28.9. The maximum absolute atomic E-state index is 14.0. The lowest BCUT2D eigenvalue weighted by molar-refractivity contribution is 0.132. The fraction of sp³-hybridized carbons (Fsp3) is 0.387. The number of pyridine rings is 1. The van der Waals surface area contributed by atoms with Crippen molar-refractivity contribution < 1.29 is 9.53 Å². The number of aliphatic imine (C=N–C) groups is 1. The van der Waals surface area contributed by atoms with Crippen LogP contribution >= 0.6 is 23.2 Å². The minimum atomic E-state index is -0.764. The SMILES string of the molecule is CCOc1cc(C(C)(C)C)ncc1C1=N[C@H](c2ccc(Cl)cc2)C[C@@](C)(c2ccc(Cl)cc2)N1C(=O)N(C)C. The largest absolute Gasteiger partial charge is 0.493 e. The predicted octanol–water partition coefficient (Wildman–Crippen LogP) is 7.88. The Morgan fingerprint density at radius 2 is 1.67 bits per heavy atom. The molecule has 8 heteroatoms. The molecule has 0 saturated heterocycles. The molecule has 0 spiro atoms. The number of hydrogen-bond donors (Lipinski definition) is 0. The highest BCUT2D eigenvalue weighted by Crippen LogP contribution is 2.45. The third-order valence-corrected chi connectivity index (χ3v) is 7.55. The molecule has 0 saturated carbocycles. The lowest BCUT2D eigenvalue weighted by Gasteiger charge is -2.48. The van der Waals surface area contributed by atoms with E-state index < -0.39 is 5.54 Å². The van der Waals surface area contributed by atoms with Gasteiger partial charge in [-0.1, -0.05) is 68.2 Å². The number of benzene rings is 2. The van der Waals surface area contributed by atoms with Gasteiger partial charge in [-0.15, -0.1) is 0 Å². The second kappa shape index (κ2) is 11.2. The van der Waals surface area contributed by atoms with Gasteiger partial charge in [-0.05, 0) is 49.2 Å². The molecule has 1 aliphatic rings. The van der Waals surface area contributed by atoms with Gasteiger partial charge in [0.25, 0.3) is 0 Å². The molecule has 3 aromatic rings. The van der Waals surface area contributed by atoms with Gasteiger partial charge in [0.15, 0.2) is 0 Å². The summed E-state index contributed by atoms with van der Waals surface area (Å²) >= 11 is 12.5. The molecule has 2 amide bonds. The molecule has 2 heterocycles. The van der Waals surface area contributed by atoms with E-state index in [0.717, 1.165) is 16.8 Å². The number of urea groups is 1. The third kappa shape index (κ3) is 5.92. The van der Waals surface area contributed by atoms with Crippen LogP contribution < -0.4 is 4.74 Å². The molecule has 1 aromatic heterocycles. The van der Waals surface area contributed by atoms with Gasteiger partial charge in [-0.2, -0.15) is 0 Å². The molecule has 6 nitrogen and oxygen atoms in total. The van der Waals surface area contributed by atoms with Crippen molar-refractivity contribution in [1.82, 2.24) is 14.8 Å². The highest BCUT2D eigenvalue weighted by Gasteiger charge is 2.47. The van der Waals surface area contributed by atoms with E-state index >= 15 is 0 Å². The Morgan fingerprint density at radius 1 is 1.08 bits per heavy atom. The van der Waals surface area contributed by atoms with E-state index in [1.165, 1.54) is 0 Å². The van der Waals surface area contributed by atoms with Crippen LogP contribution in [0.25, 0.3) is 0 Å². The minimum absolute atomic E-state index is 0.179. The first-order valence-corrected chi connectivity index (χ1v) is 13.8. The lowest BCUT2D eigenvalue weighted by atomic mass is 9.80. The first-order chi connectivity index (χ1) is 18.3. The quantitative estimate of drug-likeness (QED) is 0.315. The monoisotopic (exact) mass is 566 g/mol. The summed E-state index contributed by atoms with van der Waals surface area (Å²) in [4.78, 5) is 27.4.